The maximum atomic E-state index is 6.18. The van der Waals surface area contributed by atoms with Crippen LogP contribution in [0.15, 0.2) is 48.5 Å². The molecule has 3 heteroatoms. The lowest BCUT2D eigenvalue weighted by Crippen LogP contribution is -2.38. The molecule has 3 N–H and O–H groups in total. The Morgan fingerprint density at radius 2 is 1.89 bits per heavy atom. The van der Waals surface area contributed by atoms with Crippen molar-refractivity contribution in [1.82, 2.24) is 5.43 Å². The number of hydrogen-bond acceptors (Lipinski definition) is 2. The Morgan fingerprint density at radius 1 is 1.11 bits per heavy atom. The Labute approximate surface area is 119 Å². The molecule has 100 valence electrons. The fraction of sp³-hybridized carbons (Fsp3) is 0.250. The van der Waals surface area contributed by atoms with Gasteiger partial charge in [-0.3, -0.25) is 11.3 Å². The summed E-state index contributed by atoms with van der Waals surface area (Å²) in [5, 5.41) is 0.798. The van der Waals surface area contributed by atoms with Gasteiger partial charge in [-0.05, 0) is 37.0 Å². The van der Waals surface area contributed by atoms with Gasteiger partial charge in [0.05, 0.1) is 0 Å². The third-order valence-corrected chi connectivity index (χ3v) is 3.59. The van der Waals surface area contributed by atoms with Crippen molar-refractivity contribution in [3.63, 3.8) is 0 Å². The molecule has 0 aliphatic heterocycles. The van der Waals surface area contributed by atoms with E-state index >= 15 is 0 Å². The molecule has 0 aliphatic rings. The molecule has 0 saturated heterocycles. The third-order valence-electron chi connectivity index (χ3n) is 3.22. The van der Waals surface area contributed by atoms with Gasteiger partial charge in [0.2, 0.25) is 0 Å². The van der Waals surface area contributed by atoms with Gasteiger partial charge in [0, 0.05) is 11.1 Å². The normalized spacial score (nSPS) is 12.4. The summed E-state index contributed by atoms with van der Waals surface area (Å²) in [6, 6.07) is 16.6. The molecule has 19 heavy (non-hydrogen) atoms. The van der Waals surface area contributed by atoms with Gasteiger partial charge in [-0.15, -0.1) is 0 Å². The van der Waals surface area contributed by atoms with E-state index in [4.69, 9.17) is 17.4 Å². The predicted octanol–water partition coefficient (Wildman–Crippen LogP) is 3.27. The number of benzene rings is 2. The topological polar surface area (TPSA) is 38.0 Å². The molecule has 0 aliphatic carbocycles. The van der Waals surface area contributed by atoms with Crippen molar-refractivity contribution in [3.05, 3.63) is 70.2 Å². The quantitative estimate of drug-likeness (QED) is 0.649. The zero-order chi connectivity index (χ0) is 13.7. The van der Waals surface area contributed by atoms with Crippen molar-refractivity contribution < 1.29 is 0 Å². The minimum absolute atomic E-state index is 0.182. The number of hydrazine groups is 1. The summed E-state index contributed by atoms with van der Waals surface area (Å²) in [4.78, 5) is 0. The molecular formula is C16H19ClN2. The molecule has 0 saturated carbocycles. The lowest BCUT2D eigenvalue weighted by atomic mass is 9.98. The van der Waals surface area contributed by atoms with Crippen molar-refractivity contribution >= 4 is 11.6 Å². The van der Waals surface area contributed by atoms with Crippen molar-refractivity contribution in [3.8, 4) is 0 Å². The maximum Gasteiger partial charge on any atom is 0.0438 e. The first kappa shape index (κ1) is 14.1. The summed E-state index contributed by atoms with van der Waals surface area (Å²) in [6.45, 7) is 2.10. The van der Waals surface area contributed by atoms with Crippen LogP contribution >= 0.6 is 11.6 Å². The highest BCUT2D eigenvalue weighted by atomic mass is 35.5. The summed E-state index contributed by atoms with van der Waals surface area (Å²) in [7, 11) is 0. The van der Waals surface area contributed by atoms with Gasteiger partial charge >= 0.3 is 0 Å². The van der Waals surface area contributed by atoms with Crippen molar-refractivity contribution in [2.45, 2.75) is 25.8 Å². The predicted molar refractivity (Wildman–Crippen MR) is 81.2 cm³/mol. The summed E-state index contributed by atoms with van der Waals surface area (Å²) >= 11 is 6.18. The van der Waals surface area contributed by atoms with Gasteiger partial charge < -0.3 is 0 Å². The Morgan fingerprint density at radius 3 is 2.58 bits per heavy atom. The van der Waals surface area contributed by atoms with Crippen molar-refractivity contribution in [1.29, 1.82) is 0 Å². The Hall–Kier alpha value is -1.35. The molecule has 2 nitrogen and oxygen atoms in total. The van der Waals surface area contributed by atoms with Crippen LogP contribution in [0.25, 0.3) is 0 Å². The number of rotatable bonds is 5. The molecule has 0 spiro atoms. The van der Waals surface area contributed by atoms with E-state index < -0.39 is 0 Å². The molecule has 2 rings (SSSR count). The van der Waals surface area contributed by atoms with Crippen LogP contribution < -0.4 is 11.3 Å². The molecule has 1 atom stereocenters. The average molecular weight is 275 g/mol. The SMILES string of the molecule is Cc1cccc(CC(Cc2ccccc2Cl)NN)c1. The van der Waals surface area contributed by atoms with E-state index in [9.17, 15) is 0 Å². The standard InChI is InChI=1S/C16H19ClN2/c1-12-5-4-6-13(9-12)10-15(19-18)11-14-7-2-3-8-16(14)17/h2-9,15,19H,10-11,18H2,1H3. The van der Waals surface area contributed by atoms with Gasteiger partial charge in [-0.1, -0.05) is 59.6 Å². The summed E-state index contributed by atoms with van der Waals surface area (Å²) < 4.78 is 0. The first-order valence-corrected chi connectivity index (χ1v) is 6.82. The Balaban J connectivity index is 2.07. The highest BCUT2D eigenvalue weighted by molar-refractivity contribution is 6.31. The molecule has 0 radical (unpaired) electrons. The molecular weight excluding hydrogens is 256 g/mol. The second-order valence-electron chi connectivity index (χ2n) is 4.85. The number of halogens is 1. The second kappa shape index (κ2) is 6.71. The Kier molecular flexibility index (Phi) is 4.97. The number of nitrogens with one attached hydrogen (secondary N) is 1. The van der Waals surface area contributed by atoms with Gasteiger partial charge in [0.25, 0.3) is 0 Å². The summed E-state index contributed by atoms with van der Waals surface area (Å²) in [5.41, 5.74) is 6.57. The Bertz CT molecular complexity index is 540. The molecule has 2 aromatic rings. The van der Waals surface area contributed by atoms with E-state index in [2.05, 4.69) is 36.6 Å². The van der Waals surface area contributed by atoms with E-state index in [1.807, 2.05) is 24.3 Å². The highest BCUT2D eigenvalue weighted by Gasteiger charge is 2.10. The number of nitrogens with two attached hydrogens (primary N) is 1. The van der Waals surface area contributed by atoms with Gasteiger partial charge in [0.1, 0.15) is 0 Å². The van der Waals surface area contributed by atoms with Crippen molar-refractivity contribution in [2.24, 2.45) is 5.84 Å². The fourth-order valence-corrected chi connectivity index (χ4v) is 2.46. The van der Waals surface area contributed by atoms with E-state index in [1.165, 1.54) is 11.1 Å². The van der Waals surface area contributed by atoms with Crippen LogP contribution in [0.4, 0.5) is 0 Å². The van der Waals surface area contributed by atoms with E-state index in [0.717, 1.165) is 23.4 Å². The van der Waals surface area contributed by atoms with E-state index in [-0.39, 0.29) is 6.04 Å². The highest BCUT2D eigenvalue weighted by Crippen LogP contribution is 2.18. The van der Waals surface area contributed by atoms with Gasteiger partial charge in [0.15, 0.2) is 0 Å². The number of aryl methyl sites for hydroxylation is 1. The maximum absolute atomic E-state index is 6.18. The molecule has 0 fully saturated rings. The average Bonchev–Trinajstić information content (AvgIpc) is 2.40. The van der Waals surface area contributed by atoms with Crippen LogP contribution in [0.5, 0.6) is 0 Å². The monoisotopic (exact) mass is 274 g/mol. The molecule has 1 unspecified atom stereocenters. The fourth-order valence-electron chi connectivity index (χ4n) is 2.24. The second-order valence-corrected chi connectivity index (χ2v) is 5.26. The minimum atomic E-state index is 0.182. The molecule has 0 aromatic heterocycles. The van der Waals surface area contributed by atoms with Crippen LogP contribution in [-0.2, 0) is 12.8 Å². The first-order valence-electron chi connectivity index (χ1n) is 6.44. The zero-order valence-corrected chi connectivity index (χ0v) is 11.8. The van der Waals surface area contributed by atoms with Crippen LogP contribution in [0.3, 0.4) is 0 Å². The molecule has 0 heterocycles. The van der Waals surface area contributed by atoms with Crippen LogP contribution in [0, 0.1) is 6.92 Å². The van der Waals surface area contributed by atoms with E-state index in [0.29, 0.717) is 0 Å². The van der Waals surface area contributed by atoms with Crippen LogP contribution in [-0.4, -0.2) is 6.04 Å². The van der Waals surface area contributed by atoms with Crippen LogP contribution in [0.1, 0.15) is 16.7 Å². The summed E-state index contributed by atoms with van der Waals surface area (Å²) in [6.07, 6.45) is 1.72. The molecule has 0 amide bonds. The number of hydrogen-bond donors (Lipinski definition) is 2. The largest absolute Gasteiger partial charge is 0.271 e. The van der Waals surface area contributed by atoms with E-state index in [1.54, 1.807) is 0 Å². The first-order chi connectivity index (χ1) is 9.19. The van der Waals surface area contributed by atoms with Gasteiger partial charge in [-0.2, -0.15) is 0 Å². The van der Waals surface area contributed by atoms with Crippen molar-refractivity contribution in [2.75, 3.05) is 0 Å². The van der Waals surface area contributed by atoms with Gasteiger partial charge in [-0.25, -0.2) is 0 Å². The zero-order valence-electron chi connectivity index (χ0n) is 11.1. The lowest BCUT2D eigenvalue weighted by molar-refractivity contribution is 0.522. The third kappa shape index (κ3) is 4.06. The molecule has 2 aromatic carbocycles. The summed E-state index contributed by atoms with van der Waals surface area (Å²) in [5.74, 6) is 5.66. The van der Waals surface area contributed by atoms with Crippen LogP contribution in [0.2, 0.25) is 5.02 Å². The smallest absolute Gasteiger partial charge is 0.0438 e. The minimum Gasteiger partial charge on any atom is -0.271 e. The molecule has 0 bridgehead atoms. The lowest BCUT2D eigenvalue weighted by Gasteiger charge is -2.17.